The second-order valence-corrected chi connectivity index (χ2v) is 4.17. The van der Waals surface area contributed by atoms with Crippen LogP contribution < -0.4 is 4.74 Å². The van der Waals surface area contributed by atoms with Gasteiger partial charge in [-0.2, -0.15) is 0 Å². The number of carbonyl (C=O) groups is 1. The van der Waals surface area contributed by atoms with Crippen molar-refractivity contribution in [3.8, 4) is 10.9 Å². The first-order valence-corrected chi connectivity index (χ1v) is 5.28. The number of hydrogen-bond donors (Lipinski definition) is 1. The lowest BCUT2D eigenvalue weighted by molar-refractivity contribution is 0.0696. The van der Waals surface area contributed by atoms with Crippen LogP contribution in [0.15, 0.2) is 24.3 Å². The molecule has 5 nitrogen and oxygen atoms in total. The van der Waals surface area contributed by atoms with Crippen LogP contribution in [-0.2, 0) is 0 Å². The highest BCUT2D eigenvalue weighted by atomic mass is 32.1. The van der Waals surface area contributed by atoms with E-state index in [0.717, 1.165) is 5.01 Å². The highest BCUT2D eigenvalue weighted by molar-refractivity contribution is 7.13. The molecular weight excluding hydrogens is 228 g/mol. The zero-order valence-electron chi connectivity index (χ0n) is 8.38. The van der Waals surface area contributed by atoms with E-state index in [4.69, 9.17) is 9.84 Å². The van der Waals surface area contributed by atoms with Gasteiger partial charge in [0, 0.05) is 0 Å². The van der Waals surface area contributed by atoms with Crippen molar-refractivity contribution in [2.45, 2.75) is 6.92 Å². The van der Waals surface area contributed by atoms with Gasteiger partial charge in [-0.25, -0.2) is 4.79 Å². The van der Waals surface area contributed by atoms with Crippen LogP contribution in [0, 0.1) is 6.92 Å². The van der Waals surface area contributed by atoms with Crippen LogP contribution in [0.25, 0.3) is 0 Å². The number of nitrogens with zero attached hydrogens (tertiary/aromatic N) is 2. The Labute approximate surface area is 95.3 Å². The first kappa shape index (κ1) is 10.6. The molecule has 0 atom stereocenters. The van der Waals surface area contributed by atoms with Gasteiger partial charge < -0.3 is 9.84 Å². The minimum atomic E-state index is -0.987. The molecule has 0 aliphatic carbocycles. The van der Waals surface area contributed by atoms with E-state index < -0.39 is 5.97 Å². The molecule has 0 fully saturated rings. The summed E-state index contributed by atoms with van der Waals surface area (Å²) >= 11 is 1.30. The van der Waals surface area contributed by atoms with Gasteiger partial charge in [-0.05, 0) is 25.1 Å². The molecule has 1 aromatic heterocycles. The fourth-order valence-corrected chi connectivity index (χ4v) is 1.67. The van der Waals surface area contributed by atoms with Gasteiger partial charge in [-0.1, -0.05) is 22.5 Å². The van der Waals surface area contributed by atoms with Gasteiger partial charge in [0.05, 0.1) is 5.56 Å². The molecule has 0 saturated heterocycles. The van der Waals surface area contributed by atoms with Crippen molar-refractivity contribution < 1.29 is 14.6 Å². The van der Waals surface area contributed by atoms with Crippen molar-refractivity contribution in [3.05, 3.63) is 34.8 Å². The third kappa shape index (κ3) is 2.34. The van der Waals surface area contributed by atoms with E-state index in [1.165, 1.54) is 23.5 Å². The summed E-state index contributed by atoms with van der Waals surface area (Å²) in [5.74, 6) is -0.546. The maximum Gasteiger partial charge on any atom is 0.335 e. The van der Waals surface area contributed by atoms with Crippen LogP contribution in [0.2, 0.25) is 0 Å². The van der Waals surface area contributed by atoms with Crippen molar-refractivity contribution in [2.24, 2.45) is 0 Å². The molecule has 0 amide bonds. The molecule has 0 bridgehead atoms. The van der Waals surface area contributed by atoms with Crippen LogP contribution in [0.1, 0.15) is 15.4 Å². The van der Waals surface area contributed by atoms with E-state index >= 15 is 0 Å². The average molecular weight is 236 g/mol. The van der Waals surface area contributed by atoms with Crippen LogP contribution in [-0.4, -0.2) is 21.3 Å². The number of aromatic carboxylic acids is 1. The van der Waals surface area contributed by atoms with Gasteiger partial charge in [0.15, 0.2) is 0 Å². The van der Waals surface area contributed by atoms with Gasteiger partial charge in [0.25, 0.3) is 5.19 Å². The molecule has 1 aromatic carbocycles. The molecule has 0 aliphatic rings. The lowest BCUT2D eigenvalue weighted by Crippen LogP contribution is -1.95. The zero-order valence-corrected chi connectivity index (χ0v) is 9.19. The quantitative estimate of drug-likeness (QED) is 0.885. The van der Waals surface area contributed by atoms with E-state index in [9.17, 15) is 4.79 Å². The molecule has 82 valence electrons. The molecule has 2 rings (SSSR count). The van der Waals surface area contributed by atoms with Crippen LogP contribution in [0.4, 0.5) is 0 Å². The Morgan fingerprint density at radius 2 is 2.25 bits per heavy atom. The van der Waals surface area contributed by atoms with E-state index in [1.54, 1.807) is 12.1 Å². The Morgan fingerprint density at radius 3 is 2.88 bits per heavy atom. The number of hydrogen-bond acceptors (Lipinski definition) is 5. The van der Waals surface area contributed by atoms with Crippen molar-refractivity contribution in [3.63, 3.8) is 0 Å². The van der Waals surface area contributed by atoms with E-state index in [0.29, 0.717) is 10.9 Å². The Bertz CT molecular complexity index is 524. The molecule has 2 aromatic rings. The molecule has 0 spiro atoms. The summed E-state index contributed by atoms with van der Waals surface area (Å²) in [7, 11) is 0. The summed E-state index contributed by atoms with van der Waals surface area (Å²) < 4.78 is 5.37. The number of benzene rings is 1. The number of carboxylic acids is 1. The van der Waals surface area contributed by atoms with Crippen LogP contribution in [0.3, 0.4) is 0 Å². The Balaban J connectivity index is 2.21. The summed E-state index contributed by atoms with van der Waals surface area (Å²) in [4.78, 5) is 10.7. The second-order valence-electron chi connectivity index (χ2n) is 3.02. The molecule has 0 unspecified atom stereocenters. The Morgan fingerprint density at radius 1 is 1.44 bits per heavy atom. The van der Waals surface area contributed by atoms with Crippen molar-refractivity contribution in [2.75, 3.05) is 0 Å². The Kier molecular flexibility index (Phi) is 2.82. The Hall–Kier alpha value is -1.95. The third-order valence-corrected chi connectivity index (χ3v) is 2.51. The molecule has 0 saturated carbocycles. The summed E-state index contributed by atoms with van der Waals surface area (Å²) in [6.07, 6.45) is 0. The minimum absolute atomic E-state index is 0.179. The fourth-order valence-electron chi connectivity index (χ4n) is 1.11. The maximum absolute atomic E-state index is 10.7. The summed E-state index contributed by atoms with van der Waals surface area (Å²) in [6.45, 7) is 1.82. The van der Waals surface area contributed by atoms with Crippen LogP contribution in [0.5, 0.6) is 10.9 Å². The fraction of sp³-hybridized carbons (Fsp3) is 0.100. The van der Waals surface area contributed by atoms with Gasteiger partial charge >= 0.3 is 5.97 Å². The first-order chi connectivity index (χ1) is 7.65. The molecule has 6 heteroatoms. The van der Waals surface area contributed by atoms with E-state index in [1.807, 2.05) is 6.92 Å². The minimum Gasteiger partial charge on any atom is -0.478 e. The molecule has 0 aliphatic heterocycles. The van der Waals surface area contributed by atoms with Gasteiger partial charge in [-0.3, -0.25) is 0 Å². The number of rotatable bonds is 3. The van der Waals surface area contributed by atoms with Crippen molar-refractivity contribution in [1.29, 1.82) is 0 Å². The number of ether oxygens (including phenoxy) is 1. The lowest BCUT2D eigenvalue weighted by Gasteiger charge is -2.01. The van der Waals surface area contributed by atoms with Gasteiger partial charge in [0.1, 0.15) is 10.8 Å². The lowest BCUT2D eigenvalue weighted by atomic mass is 10.2. The predicted octanol–water partition coefficient (Wildman–Crippen LogP) is 2.34. The summed E-state index contributed by atoms with van der Waals surface area (Å²) in [6, 6.07) is 6.23. The topological polar surface area (TPSA) is 72.3 Å². The van der Waals surface area contributed by atoms with Gasteiger partial charge in [-0.15, -0.1) is 5.10 Å². The normalized spacial score (nSPS) is 10.1. The zero-order chi connectivity index (χ0) is 11.5. The third-order valence-electron chi connectivity index (χ3n) is 1.79. The first-order valence-electron chi connectivity index (χ1n) is 4.46. The standard InChI is InChI=1S/C10H8N2O3S/c1-6-11-12-10(16-6)15-8-4-2-3-7(5-8)9(13)14/h2-5H,1H3,(H,13,14). The number of aromatic nitrogens is 2. The van der Waals surface area contributed by atoms with Crippen LogP contribution >= 0.6 is 11.3 Å². The van der Waals surface area contributed by atoms with E-state index in [-0.39, 0.29) is 5.56 Å². The second kappa shape index (κ2) is 4.28. The predicted molar refractivity (Wildman–Crippen MR) is 58.1 cm³/mol. The monoisotopic (exact) mass is 236 g/mol. The van der Waals surface area contributed by atoms with Crippen molar-refractivity contribution >= 4 is 17.3 Å². The molecule has 1 N–H and O–H groups in total. The summed E-state index contributed by atoms with van der Waals surface area (Å²) in [5.41, 5.74) is 0.179. The maximum atomic E-state index is 10.7. The average Bonchev–Trinajstić information content (AvgIpc) is 2.64. The highest BCUT2D eigenvalue weighted by Gasteiger charge is 2.06. The number of aryl methyl sites for hydroxylation is 1. The SMILES string of the molecule is Cc1nnc(Oc2cccc(C(=O)O)c2)s1. The smallest absolute Gasteiger partial charge is 0.335 e. The summed E-state index contributed by atoms with van der Waals surface area (Å²) in [5, 5.41) is 17.6. The number of carboxylic acid groups (broad SMARTS) is 1. The molecule has 1 heterocycles. The van der Waals surface area contributed by atoms with E-state index in [2.05, 4.69) is 10.2 Å². The molecule has 0 radical (unpaired) electrons. The highest BCUT2D eigenvalue weighted by Crippen LogP contribution is 2.24. The van der Waals surface area contributed by atoms with Crippen molar-refractivity contribution in [1.82, 2.24) is 10.2 Å². The van der Waals surface area contributed by atoms with Gasteiger partial charge in [0.2, 0.25) is 0 Å². The molecule has 16 heavy (non-hydrogen) atoms. The largest absolute Gasteiger partial charge is 0.478 e. The molecular formula is C10H8N2O3S.